The van der Waals surface area contributed by atoms with Gasteiger partial charge in [-0.05, 0) is 19.4 Å². The molecule has 0 saturated heterocycles. The summed E-state index contributed by atoms with van der Waals surface area (Å²) in [6, 6.07) is 0.444. The second-order valence-electron chi connectivity index (χ2n) is 3.70. The van der Waals surface area contributed by atoms with Gasteiger partial charge in [0.15, 0.2) is 0 Å². The zero-order valence-electron chi connectivity index (χ0n) is 9.31. The number of hydrogen-bond acceptors (Lipinski definition) is 3. The molecule has 0 saturated carbocycles. The zero-order chi connectivity index (χ0) is 10.8. The van der Waals surface area contributed by atoms with E-state index in [-0.39, 0.29) is 5.91 Å². The molecule has 4 N–H and O–H groups in total. The first-order valence-electron chi connectivity index (χ1n) is 5.37. The van der Waals surface area contributed by atoms with Crippen LogP contribution in [0.2, 0.25) is 0 Å². The lowest BCUT2D eigenvalue weighted by atomic mass is 10.3. The Balaban J connectivity index is 3.20. The van der Waals surface area contributed by atoms with Gasteiger partial charge in [-0.1, -0.05) is 13.8 Å². The Morgan fingerprint density at radius 2 is 2.00 bits per heavy atom. The highest BCUT2D eigenvalue weighted by molar-refractivity contribution is 5.75. The van der Waals surface area contributed by atoms with E-state index in [0.29, 0.717) is 19.0 Å². The van der Waals surface area contributed by atoms with E-state index in [0.717, 1.165) is 25.9 Å². The summed E-state index contributed by atoms with van der Waals surface area (Å²) in [7, 11) is 0. The average molecular weight is 201 g/mol. The molecule has 0 aliphatic carbocycles. The van der Waals surface area contributed by atoms with Gasteiger partial charge in [0.05, 0.1) is 0 Å². The minimum atomic E-state index is 0.121. The van der Waals surface area contributed by atoms with E-state index in [1.165, 1.54) is 0 Å². The first-order valence-corrected chi connectivity index (χ1v) is 5.37. The quantitative estimate of drug-likeness (QED) is 0.492. The van der Waals surface area contributed by atoms with Crippen molar-refractivity contribution in [2.24, 2.45) is 5.73 Å². The van der Waals surface area contributed by atoms with Crippen LogP contribution in [0, 0.1) is 0 Å². The summed E-state index contributed by atoms with van der Waals surface area (Å²) in [6.45, 7) is 6.33. The van der Waals surface area contributed by atoms with Gasteiger partial charge in [0, 0.05) is 25.6 Å². The number of unbranched alkanes of at least 4 members (excludes halogenated alkanes) is 1. The lowest BCUT2D eigenvalue weighted by Gasteiger charge is -2.08. The minimum absolute atomic E-state index is 0.121. The van der Waals surface area contributed by atoms with Crippen molar-refractivity contribution >= 4 is 5.91 Å². The van der Waals surface area contributed by atoms with Crippen molar-refractivity contribution in [3.8, 4) is 0 Å². The number of nitrogens with one attached hydrogen (secondary N) is 2. The molecule has 0 bridgehead atoms. The Labute approximate surface area is 86.6 Å². The molecule has 0 radical (unpaired) electrons. The van der Waals surface area contributed by atoms with E-state index in [9.17, 15) is 4.79 Å². The third-order valence-electron chi connectivity index (χ3n) is 1.86. The van der Waals surface area contributed by atoms with E-state index >= 15 is 0 Å². The molecule has 0 aromatic carbocycles. The van der Waals surface area contributed by atoms with Gasteiger partial charge in [-0.3, -0.25) is 4.79 Å². The lowest BCUT2D eigenvalue weighted by Crippen LogP contribution is -2.31. The van der Waals surface area contributed by atoms with Crippen LogP contribution in [0.5, 0.6) is 0 Å². The summed E-state index contributed by atoms with van der Waals surface area (Å²) in [5, 5.41) is 6.05. The van der Waals surface area contributed by atoms with Gasteiger partial charge < -0.3 is 16.4 Å². The summed E-state index contributed by atoms with van der Waals surface area (Å²) in [5.74, 6) is 0.121. The molecule has 14 heavy (non-hydrogen) atoms. The third kappa shape index (κ3) is 9.48. The second kappa shape index (κ2) is 8.97. The van der Waals surface area contributed by atoms with Crippen LogP contribution in [-0.4, -0.2) is 31.6 Å². The predicted molar refractivity (Wildman–Crippen MR) is 59.1 cm³/mol. The molecule has 84 valence electrons. The molecule has 0 aliphatic rings. The smallest absolute Gasteiger partial charge is 0.221 e. The SMILES string of the molecule is CC(C)NCCC(=O)NCCCCN. The van der Waals surface area contributed by atoms with Crippen molar-refractivity contribution in [2.75, 3.05) is 19.6 Å². The number of rotatable bonds is 8. The van der Waals surface area contributed by atoms with Crippen LogP contribution in [0.15, 0.2) is 0 Å². The van der Waals surface area contributed by atoms with Crippen molar-refractivity contribution in [2.45, 2.75) is 39.2 Å². The van der Waals surface area contributed by atoms with Crippen LogP contribution in [0.1, 0.15) is 33.1 Å². The Morgan fingerprint density at radius 1 is 1.29 bits per heavy atom. The monoisotopic (exact) mass is 201 g/mol. The van der Waals surface area contributed by atoms with Crippen LogP contribution in [-0.2, 0) is 4.79 Å². The minimum Gasteiger partial charge on any atom is -0.356 e. The molecule has 0 rings (SSSR count). The van der Waals surface area contributed by atoms with Crippen molar-refractivity contribution in [3.63, 3.8) is 0 Å². The van der Waals surface area contributed by atoms with E-state index in [1.54, 1.807) is 0 Å². The molecule has 0 atom stereocenters. The van der Waals surface area contributed by atoms with Gasteiger partial charge in [-0.15, -0.1) is 0 Å². The van der Waals surface area contributed by atoms with E-state index in [4.69, 9.17) is 5.73 Å². The third-order valence-corrected chi connectivity index (χ3v) is 1.86. The number of nitrogens with two attached hydrogens (primary N) is 1. The van der Waals surface area contributed by atoms with Gasteiger partial charge in [-0.2, -0.15) is 0 Å². The van der Waals surface area contributed by atoms with Crippen molar-refractivity contribution in [1.29, 1.82) is 0 Å². The topological polar surface area (TPSA) is 67.2 Å². The molecule has 0 aliphatic heterocycles. The molecule has 0 heterocycles. The molecule has 0 spiro atoms. The van der Waals surface area contributed by atoms with Crippen LogP contribution in [0.4, 0.5) is 0 Å². The maximum Gasteiger partial charge on any atom is 0.221 e. The Kier molecular flexibility index (Phi) is 8.57. The summed E-state index contributed by atoms with van der Waals surface area (Å²) in [5.41, 5.74) is 5.34. The summed E-state index contributed by atoms with van der Waals surface area (Å²) in [6.07, 6.45) is 2.51. The van der Waals surface area contributed by atoms with Gasteiger partial charge >= 0.3 is 0 Å². The van der Waals surface area contributed by atoms with Crippen molar-refractivity contribution in [3.05, 3.63) is 0 Å². The first kappa shape index (κ1) is 13.4. The maximum atomic E-state index is 11.2. The van der Waals surface area contributed by atoms with E-state index in [1.807, 2.05) is 0 Å². The van der Waals surface area contributed by atoms with Crippen LogP contribution in [0.3, 0.4) is 0 Å². The normalized spacial score (nSPS) is 10.6. The fourth-order valence-electron chi connectivity index (χ4n) is 1.06. The van der Waals surface area contributed by atoms with Gasteiger partial charge in [0.1, 0.15) is 0 Å². The molecule has 0 aromatic heterocycles. The van der Waals surface area contributed by atoms with Crippen molar-refractivity contribution < 1.29 is 4.79 Å². The first-order chi connectivity index (χ1) is 6.66. The van der Waals surface area contributed by atoms with E-state index < -0.39 is 0 Å². The highest BCUT2D eigenvalue weighted by Gasteiger charge is 2.00. The fourth-order valence-corrected chi connectivity index (χ4v) is 1.06. The van der Waals surface area contributed by atoms with Crippen LogP contribution >= 0.6 is 0 Å². The molecule has 0 aromatic rings. The highest BCUT2D eigenvalue weighted by atomic mass is 16.1. The number of hydrogen-bond donors (Lipinski definition) is 3. The van der Waals surface area contributed by atoms with Crippen LogP contribution in [0.25, 0.3) is 0 Å². The van der Waals surface area contributed by atoms with Crippen molar-refractivity contribution in [1.82, 2.24) is 10.6 Å². The molecule has 0 fully saturated rings. The standard InChI is InChI=1S/C10H23N3O/c1-9(2)12-8-5-10(14)13-7-4-3-6-11/h9,12H,3-8,11H2,1-2H3,(H,13,14). The Bertz CT molecular complexity index is 148. The van der Waals surface area contributed by atoms with Crippen LogP contribution < -0.4 is 16.4 Å². The molecule has 4 nitrogen and oxygen atoms in total. The number of carbonyl (C=O) groups excluding carboxylic acids is 1. The van der Waals surface area contributed by atoms with Gasteiger partial charge in [-0.25, -0.2) is 0 Å². The Morgan fingerprint density at radius 3 is 2.57 bits per heavy atom. The number of amides is 1. The van der Waals surface area contributed by atoms with Gasteiger partial charge in [0.2, 0.25) is 5.91 Å². The zero-order valence-corrected chi connectivity index (χ0v) is 9.31. The maximum absolute atomic E-state index is 11.2. The molecular weight excluding hydrogens is 178 g/mol. The largest absolute Gasteiger partial charge is 0.356 e. The molecule has 1 amide bonds. The summed E-state index contributed by atoms with van der Waals surface area (Å²) >= 11 is 0. The molecule has 4 heteroatoms. The summed E-state index contributed by atoms with van der Waals surface area (Å²) < 4.78 is 0. The average Bonchev–Trinajstić information content (AvgIpc) is 2.12. The highest BCUT2D eigenvalue weighted by Crippen LogP contribution is 1.85. The fraction of sp³-hybridized carbons (Fsp3) is 0.900. The molecular formula is C10H23N3O. The molecule has 0 unspecified atom stereocenters. The predicted octanol–water partition coefficient (Wildman–Crippen LogP) is 0.230. The Hall–Kier alpha value is -0.610. The van der Waals surface area contributed by atoms with Gasteiger partial charge in [0.25, 0.3) is 0 Å². The van der Waals surface area contributed by atoms with E-state index in [2.05, 4.69) is 24.5 Å². The second-order valence-corrected chi connectivity index (χ2v) is 3.70. The summed E-state index contributed by atoms with van der Waals surface area (Å²) in [4.78, 5) is 11.2. The lowest BCUT2D eigenvalue weighted by molar-refractivity contribution is -0.121. The number of carbonyl (C=O) groups is 1.